The number of H-pyrrole nitrogens is 1. The number of carbonyl (C=O) groups is 1. The summed E-state index contributed by atoms with van der Waals surface area (Å²) in [6, 6.07) is 5.31. The number of ether oxygens (including phenoxy) is 1. The Morgan fingerprint density at radius 1 is 1.48 bits per heavy atom. The molecule has 108 valence electrons. The molecule has 0 saturated heterocycles. The number of methoxy groups -OCH3 is 1. The monoisotopic (exact) mass is 305 g/mol. The molecule has 0 aromatic carbocycles. The van der Waals surface area contributed by atoms with Gasteiger partial charge in [-0.1, -0.05) is 0 Å². The van der Waals surface area contributed by atoms with Crippen molar-refractivity contribution in [3.05, 3.63) is 28.8 Å². The smallest absolute Gasteiger partial charge is 0.296 e. The first-order valence-electron chi connectivity index (χ1n) is 5.97. The molecule has 3 rings (SSSR count). The van der Waals surface area contributed by atoms with Crippen LogP contribution in [0.15, 0.2) is 22.7 Å². The molecule has 21 heavy (non-hydrogen) atoms. The maximum absolute atomic E-state index is 11.9. The maximum atomic E-state index is 11.9. The number of anilines is 1. The average Bonchev–Trinajstić information content (AvgIpc) is 3.17. The van der Waals surface area contributed by atoms with Gasteiger partial charge < -0.3 is 9.26 Å². The lowest BCUT2D eigenvalue weighted by molar-refractivity contribution is 0.0986. The van der Waals surface area contributed by atoms with E-state index >= 15 is 0 Å². The van der Waals surface area contributed by atoms with E-state index in [1.165, 1.54) is 18.1 Å². The van der Waals surface area contributed by atoms with Crippen LogP contribution in [0, 0.1) is 6.92 Å². The summed E-state index contributed by atoms with van der Waals surface area (Å²) >= 11 is 1.58. The van der Waals surface area contributed by atoms with Crippen LogP contribution in [0.5, 0.6) is 5.88 Å². The van der Waals surface area contributed by atoms with E-state index in [-0.39, 0.29) is 17.6 Å². The highest BCUT2D eigenvalue weighted by atomic mass is 32.1. The zero-order valence-electron chi connectivity index (χ0n) is 11.2. The van der Waals surface area contributed by atoms with E-state index in [1.54, 1.807) is 11.3 Å². The number of carbonyl (C=O) groups excluding carboxylic acids is 1. The van der Waals surface area contributed by atoms with Crippen LogP contribution < -0.4 is 10.1 Å². The fourth-order valence-electron chi connectivity index (χ4n) is 1.62. The fourth-order valence-corrected chi connectivity index (χ4v) is 2.42. The lowest BCUT2D eigenvalue weighted by atomic mass is 10.4. The lowest BCUT2D eigenvalue weighted by Crippen LogP contribution is -2.12. The molecule has 1 amide bonds. The maximum Gasteiger partial charge on any atom is 0.296 e. The molecule has 0 aliphatic carbocycles. The summed E-state index contributed by atoms with van der Waals surface area (Å²) in [7, 11) is 1.43. The lowest BCUT2D eigenvalue weighted by Gasteiger charge is -1.94. The van der Waals surface area contributed by atoms with Gasteiger partial charge in [0, 0.05) is 4.88 Å². The molecule has 0 aliphatic rings. The highest BCUT2D eigenvalue weighted by molar-refractivity contribution is 7.15. The molecular formula is C12H11N5O3S. The number of thiophene rings is 1. The summed E-state index contributed by atoms with van der Waals surface area (Å²) in [5, 5.41) is 12.8. The van der Waals surface area contributed by atoms with Gasteiger partial charge in [-0.3, -0.25) is 15.2 Å². The third-order valence-electron chi connectivity index (χ3n) is 2.61. The highest BCUT2D eigenvalue weighted by Crippen LogP contribution is 2.25. The molecule has 3 aromatic heterocycles. The third-order valence-corrected chi connectivity index (χ3v) is 3.61. The summed E-state index contributed by atoms with van der Waals surface area (Å²) in [6.45, 7) is 2.00. The molecule has 0 atom stereocenters. The summed E-state index contributed by atoms with van der Waals surface area (Å²) in [6.07, 6.45) is 0. The van der Waals surface area contributed by atoms with Gasteiger partial charge in [0.25, 0.3) is 11.8 Å². The van der Waals surface area contributed by atoms with Crippen molar-refractivity contribution in [2.75, 3.05) is 12.4 Å². The van der Waals surface area contributed by atoms with Crippen LogP contribution in [0.3, 0.4) is 0 Å². The second kappa shape index (κ2) is 5.37. The van der Waals surface area contributed by atoms with Crippen LogP contribution in [-0.2, 0) is 0 Å². The van der Waals surface area contributed by atoms with Crippen molar-refractivity contribution in [1.82, 2.24) is 20.3 Å². The Labute approximate surface area is 123 Å². The van der Waals surface area contributed by atoms with E-state index in [0.29, 0.717) is 5.82 Å². The largest absolute Gasteiger partial charge is 0.479 e. The van der Waals surface area contributed by atoms with Gasteiger partial charge in [-0.2, -0.15) is 4.98 Å². The summed E-state index contributed by atoms with van der Waals surface area (Å²) in [5.74, 6) is 0.503. The van der Waals surface area contributed by atoms with Crippen LogP contribution in [0.1, 0.15) is 15.4 Å². The van der Waals surface area contributed by atoms with Crippen molar-refractivity contribution in [3.63, 3.8) is 0 Å². The topological polar surface area (TPSA) is 106 Å². The van der Waals surface area contributed by atoms with Crippen molar-refractivity contribution in [2.24, 2.45) is 0 Å². The number of rotatable bonds is 4. The molecule has 0 fully saturated rings. The Kier molecular flexibility index (Phi) is 3.40. The predicted octanol–water partition coefficient (Wildman–Crippen LogP) is 2.09. The summed E-state index contributed by atoms with van der Waals surface area (Å²) in [5.41, 5.74) is 0. The molecule has 3 heterocycles. The van der Waals surface area contributed by atoms with Crippen molar-refractivity contribution in [2.45, 2.75) is 6.92 Å². The molecular weight excluding hydrogens is 294 g/mol. The summed E-state index contributed by atoms with van der Waals surface area (Å²) in [4.78, 5) is 18.2. The molecule has 0 spiro atoms. The molecule has 0 bridgehead atoms. The van der Waals surface area contributed by atoms with E-state index in [9.17, 15) is 4.79 Å². The van der Waals surface area contributed by atoms with Gasteiger partial charge in [0.15, 0.2) is 5.82 Å². The number of nitrogens with zero attached hydrogens (tertiary/aromatic N) is 3. The predicted molar refractivity (Wildman–Crippen MR) is 75.4 cm³/mol. The van der Waals surface area contributed by atoms with Gasteiger partial charge in [0.1, 0.15) is 0 Å². The molecule has 2 N–H and O–H groups in total. The van der Waals surface area contributed by atoms with E-state index < -0.39 is 5.91 Å². The molecule has 9 heteroatoms. The van der Waals surface area contributed by atoms with E-state index in [1.807, 2.05) is 19.1 Å². The average molecular weight is 305 g/mol. The minimum atomic E-state index is -0.501. The first-order valence-corrected chi connectivity index (χ1v) is 6.78. The minimum absolute atomic E-state index is 0.0187. The van der Waals surface area contributed by atoms with E-state index in [0.717, 1.165) is 4.88 Å². The van der Waals surface area contributed by atoms with Crippen molar-refractivity contribution in [3.8, 4) is 16.6 Å². The van der Waals surface area contributed by atoms with E-state index in [2.05, 4.69) is 25.7 Å². The van der Waals surface area contributed by atoms with Crippen LogP contribution in [0.25, 0.3) is 10.7 Å². The Morgan fingerprint density at radius 3 is 3.00 bits per heavy atom. The quantitative estimate of drug-likeness (QED) is 0.764. The first kappa shape index (κ1) is 13.3. The molecule has 0 saturated carbocycles. The Morgan fingerprint density at radius 2 is 2.33 bits per heavy atom. The number of hydrogen-bond acceptors (Lipinski definition) is 7. The van der Waals surface area contributed by atoms with Crippen LogP contribution in [-0.4, -0.2) is 33.4 Å². The second-order valence-corrected chi connectivity index (χ2v) is 5.39. The number of aromatic nitrogens is 4. The van der Waals surface area contributed by atoms with Crippen molar-refractivity contribution in [1.29, 1.82) is 0 Å². The Hall–Kier alpha value is -2.68. The number of aryl methyl sites for hydroxylation is 1. The third kappa shape index (κ3) is 2.77. The zero-order chi connectivity index (χ0) is 14.8. The molecule has 8 nitrogen and oxygen atoms in total. The van der Waals surface area contributed by atoms with Gasteiger partial charge in [-0.15, -0.1) is 16.4 Å². The summed E-state index contributed by atoms with van der Waals surface area (Å²) < 4.78 is 9.67. The highest BCUT2D eigenvalue weighted by Gasteiger charge is 2.16. The van der Waals surface area contributed by atoms with Gasteiger partial charge in [-0.05, 0) is 24.2 Å². The number of amides is 1. The van der Waals surface area contributed by atoms with Crippen LogP contribution >= 0.6 is 11.3 Å². The van der Waals surface area contributed by atoms with E-state index in [4.69, 9.17) is 9.26 Å². The van der Waals surface area contributed by atoms with Gasteiger partial charge >= 0.3 is 0 Å². The second-order valence-electron chi connectivity index (χ2n) is 4.11. The van der Waals surface area contributed by atoms with Crippen molar-refractivity contribution < 1.29 is 14.1 Å². The fraction of sp³-hybridized carbons (Fsp3) is 0.167. The van der Waals surface area contributed by atoms with Crippen molar-refractivity contribution >= 4 is 23.2 Å². The standard InChI is InChI=1S/C12H11N5O3S/c1-6-3-4-8(21-6)10-13-12(16-15-10)14-11(18)7-5-9(19-2)17-20-7/h3-5H,1-2H3,(H2,13,14,15,16,18). The Balaban J connectivity index is 1.73. The molecule has 0 unspecified atom stereocenters. The first-order chi connectivity index (χ1) is 10.2. The van der Waals surface area contributed by atoms with Gasteiger partial charge in [0.05, 0.1) is 18.1 Å². The Bertz CT molecular complexity index is 775. The zero-order valence-corrected chi connectivity index (χ0v) is 12.0. The number of nitrogens with one attached hydrogen (secondary N) is 2. The molecule has 0 aliphatic heterocycles. The van der Waals surface area contributed by atoms with Gasteiger partial charge in [-0.25, -0.2) is 0 Å². The SMILES string of the molecule is COc1cc(C(=O)Nc2n[nH]c(-c3ccc(C)s3)n2)on1. The molecule has 0 radical (unpaired) electrons. The van der Waals surface area contributed by atoms with Gasteiger partial charge in [0.2, 0.25) is 11.7 Å². The minimum Gasteiger partial charge on any atom is -0.479 e. The van der Waals surface area contributed by atoms with Crippen LogP contribution in [0.2, 0.25) is 0 Å². The van der Waals surface area contributed by atoms with Crippen LogP contribution in [0.4, 0.5) is 5.95 Å². The molecule has 3 aromatic rings. The number of aromatic amines is 1. The number of hydrogen-bond donors (Lipinski definition) is 2. The normalized spacial score (nSPS) is 10.6.